The highest BCUT2D eigenvalue weighted by atomic mass is 32.1. The van der Waals surface area contributed by atoms with Gasteiger partial charge in [-0.05, 0) is 67.1 Å². The summed E-state index contributed by atoms with van der Waals surface area (Å²) < 4.78 is 27.1. The molecule has 1 aromatic heterocycles. The van der Waals surface area contributed by atoms with E-state index in [-0.39, 0.29) is 11.9 Å². The van der Waals surface area contributed by atoms with Crippen molar-refractivity contribution in [1.82, 2.24) is 5.32 Å². The monoisotopic (exact) mass is 295 g/mol. The summed E-state index contributed by atoms with van der Waals surface area (Å²) in [5, 5.41) is 5.46. The Morgan fingerprint density at radius 3 is 2.70 bits per heavy atom. The Morgan fingerprint density at radius 2 is 2.05 bits per heavy atom. The Balaban J connectivity index is 2.23. The quantitative estimate of drug-likeness (QED) is 0.820. The van der Waals surface area contributed by atoms with Crippen LogP contribution in [0.4, 0.5) is 8.78 Å². The maximum absolute atomic E-state index is 13.8. The van der Waals surface area contributed by atoms with Gasteiger partial charge in [-0.15, -0.1) is 11.3 Å². The largest absolute Gasteiger partial charge is 0.309 e. The summed E-state index contributed by atoms with van der Waals surface area (Å²) in [6, 6.07) is 5.74. The molecule has 0 spiro atoms. The third-order valence-electron chi connectivity index (χ3n) is 3.29. The summed E-state index contributed by atoms with van der Waals surface area (Å²) >= 11 is 1.66. The predicted molar refractivity (Wildman–Crippen MR) is 80.2 cm³/mol. The molecule has 2 rings (SSSR count). The Bertz CT molecular complexity index is 565. The second kappa shape index (κ2) is 6.95. The van der Waals surface area contributed by atoms with Gasteiger partial charge in [0.1, 0.15) is 11.6 Å². The first-order valence-corrected chi connectivity index (χ1v) is 7.71. The van der Waals surface area contributed by atoms with Gasteiger partial charge >= 0.3 is 0 Å². The molecule has 0 aliphatic carbocycles. The smallest absolute Gasteiger partial charge is 0.126 e. The Labute approximate surface area is 122 Å². The number of halogens is 2. The highest BCUT2D eigenvalue weighted by molar-refractivity contribution is 7.10. The summed E-state index contributed by atoms with van der Waals surface area (Å²) in [4.78, 5) is 1.20. The third-order valence-corrected chi connectivity index (χ3v) is 4.42. The van der Waals surface area contributed by atoms with E-state index in [4.69, 9.17) is 0 Å². The van der Waals surface area contributed by atoms with Gasteiger partial charge in [0, 0.05) is 10.9 Å². The molecule has 1 aromatic carbocycles. The van der Waals surface area contributed by atoms with Crippen molar-refractivity contribution >= 4 is 11.3 Å². The third kappa shape index (κ3) is 3.64. The Morgan fingerprint density at radius 1 is 1.25 bits per heavy atom. The zero-order chi connectivity index (χ0) is 14.5. The van der Waals surface area contributed by atoms with Gasteiger partial charge in [0.05, 0.1) is 0 Å². The van der Waals surface area contributed by atoms with Crippen molar-refractivity contribution in [3.05, 3.63) is 57.3 Å². The van der Waals surface area contributed by atoms with E-state index in [0.29, 0.717) is 12.0 Å². The molecular formula is C16H19F2NS. The van der Waals surface area contributed by atoms with Crippen LogP contribution in [0.5, 0.6) is 0 Å². The van der Waals surface area contributed by atoms with E-state index in [2.05, 4.69) is 18.3 Å². The Hall–Kier alpha value is -1.26. The SMILES string of the molecule is CCCNC(Cc1cc(F)ccc1F)c1sccc1C. The fourth-order valence-corrected chi connectivity index (χ4v) is 3.24. The van der Waals surface area contributed by atoms with Crippen molar-refractivity contribution in [2.75, 3.05) is 6.54 Å². The fourth-order valence-electron chi connectivity index (χ4n) is 2.24. The average molecular weight is 295 g/mol. The minimum atomic E-state index is -0.390. The molecule has 1 unspecified atom stereocenters. The van der Waals surface area contributed by atoms with Gasteiger partial charge in [-0.1, -0.05) is 6.92 Å². The molecule has 0 radical (unpaired) electrons. The van der Waals surface area contributed by atoms with E-state index in [9.17, 15) is 8.78 Å². The van der Waals surface area contributed by atoms with Gasteiger partial charge < -0.3 is 5.32 Å². The van der Waals surface area contributed by atoms with Gasteiger partial charge in [-0.2, -0.15) is 0 Å². The molecule has 0 saturated heterocycles. The van der Waals surface area contributed by atoms with Crippen LogP contribution in [0, 0.1) is 18.6 Å². The number of benzene rings is 1. The maximum atomic E-state index is 13.8. The van der Waals surface area contributed by atoms with Crippen LogP contribution < -0.4 is 5.32 Å². The number of hydrogen-bond donors (Lipinski definition) is 1. The van der Waals surface area contributed by atoms with E-state index < -0.39 is 5.82 Å². The summed E-state index contributed by atoms with van der Waals surface area (Å²) in [6.45, 7) is 5.00. The standard InChI is InChI=1S/C16H19F2NS/c1-3-7-19-15(16-11(2)6-8-20-16)10-12-9-13(17)4-5-14(12)18/h4-6,8-9,15,19H,3,7,10H2,1-2H3. The molecule has 1 N–H and O–H groups in total. The zero-order valence-electron chi connectivity index (χ0n) is 11.7. The number of thiophene rings is 1. The molecule has 1 heterocycles. The molecular weight excluding hydrogens is 276 g/mol. The summed E-state index contributed by atoms with van der Waals surface area (Å²) in [7, 11) is 0. The number of aryl methyl sites for hydroxylation is 1. The zero-order valence-corrected chi connectivity index (χ0v) is 12.6. The molecule has 2 aromatic rings. The summed E-state index contributed by atoms with van der Waals surface area (Å²) in [5.41, 5.74) is 1.62. The number of hydrogen-bond acceptors (Lipinski definition) is 2. The molecule has 0 fully saturated rings. The molecule has 108 valence electrons. The van der Waals surface area contributed by atoms with Crippen LogP contribution in [0.2, 0.25) is 0 Å². The normalized spacial score (nSPS) is 12.6. The Kier molecular flexibility index (Phi) is 5.26. The molecule has 0 bridgehead atoms. The van der Waals surface area contributed by atoms with Crippen molar-refractivity contribution in [2.45, 2.75) is 32.7 Å². The lowest BCUT2D eigenvalue weighted by atomic mass is 10.0. The van der Waals surface area contributed by atoms with E-state index in [1.807, 2.05) is 12.3 Å². The van der Waals surface area contributed by atoms with Crippen LogP contribution in [0.1, 0.15) is 35.4 Å². The maximum Gasteiger partial charge on any atom is 0.126 e. The molecule has 4 heteroatoms. The lowest BCUT2D eigenvalue weighted by Crippen LogP contribution is -2.24. The second-order valence-electron chi connectivity index (χ2n) is 4.91. The number of nitrogens with one attached hydrogen (secondary N) is 1. The fraction of sp³-hybridized carbons (Fsp3) is 0.375. The molecule has 0 aliphatic rings. The van der Waals surface area contributed by atoms with Gasteiger partial charge in [-0.3, -0.25) is 0 Å². The van der Waals surface area contributed by atoms with E-state index >= 15 is 0 Å². The second-order valence-corrected chi connectivity index (χ2v) is 5.86. The summed E-state index contributed by atoms with van der Waals surface area (Å²) in [6.07, 6.45) is 1.47. The lowest BCUT2D eigenvalue weighted by Gasteiger charge is -2.19. The highest BCUT2D eigenvalue weighted by Crippen LogP contribution is 2.28. The van der Waals surface area contributed by atoms with Gasteiger partial charge in [-0.25, -0.2) is 8.78 Å². The van der Waals surface area contributed by atoms with Crippen LogP contribution in [0.15, 0.2) is 29.6 Å². The van der Waals surface area contributed by atoms with Crippen molar-refractivity contribution in [3.8, 4) is 0 Å². The molecule has 0 aliphatic heterocycles. The molecule has 0 amide bonds. The first kappa shape index (κ1) is 15.1. The van der Waals surface area contributed by atoms with Crippen LogP contribution in [-0.2, 0) is 6.42 Å². The predicted octanol–water partition coefficient (Wildman–Crippen LogP) is 4.62. The van der Waals surface area contributed by atoms with Crippen molar-refractivity contribution < 1.29 is 8.78 Å². The van der Waals surface area contributed by atoms with Crippen molar-refractivity contribution in [2.24, 2.45) is 0 Å². The van der Waals surface area contributed by atoms with Crippen molar-refractivity contribution in [1.29, 1.82) is 0 Å². The van der Waals surface area contributed by atoms with Crippen LogP contribution >= 0.6 is 11.3 Å². The van der Waals surface area contributed by atoms with Crippen LogP contribution in [-0.4, -0.2) is 6.54 Å². The topological polar surface area (TPSA) is 12.0 Å². The summed E-state index contributed by atoms with van der Waals surface area (Å²) in [5.74, 6) is -0.734. The van der Waals surface area contributed by atoms with Crippen LogP contribution in [0.3, 0.4) is 0 Å². The van der Waals surface area contributed by atoms with Crippen LogP contribution in [0.25, 0.3) is 0 Å². The lowest BCUT2D eigenvalue weighted by molar-refractivity contribution is 0.513. The minimum Gasteiger partial charge on any atom is -0.309 e. The van der Waals surface area contributed by atoms with Gasteiger partial charge in [0.25, 0.3) is 0 Å². The molecule has 1 atom stereocenters. The molecule has 1 nitrogen and oxygen atoms in total. The average Bonchev–Trinajstić information content (AvgIpc) is 2.84. The minimum absolute atomic E-state index is 0.0336. The van der Waals surface area contributed by atoms with E-state index in [1.165, 1.54) is 22.6 Å². The molecule has 20 heavy (non-hydrogen) atoms. The van der Waals surface area contributed by atoms with Gasteiger partial charge in [0.15, 0.2) is 0 Å². The van der Waals surface area contributed by atoms with Crippen molar-refractivity contribution in [3.63, 3.8) is 0 Å². The first-order chi connectivity index (χ1) is 9.61. The van der Waals surface area contributed by atoms with E-state index in [1.54, 1.807) is 11.3 Å². The first-order valence-electron chi connectivity index (χ1n) is 6.83. The highest BCUT2D eigenvalue weighted by Gasteiger charge is 2.17. The molecule has 0 saturated carbocycles. The van der Waals surface area contributed by atoms with Gasteiger partial charge in [0.2, 0.25) is 0 Å². The number of rotatable bonds is 6. The van der Waals surface area contributed by atoms with E-state index in [0.717, 1.165) is 19.0 Å².